The molecule has 0 radical (unpaired) electrons. The molecule has 2 heterocycles. The van der Waals surface area contributed by atoms with Gasteiger partial charge in [-0.1, -0.05) is 5.21 Å². The van der Waals surface area contributed by atoms with E-state index in [2.05, 4.69) is 20.4 Å². The minimum atomic E-state index is -0.554. The molecule has 2 rings (SSSR count). The number of aromatic nitrogens is 3. The molecule has 110 valence electrons. The van der Waals surface area contributed by atoms with Gasteiger partial charge in [-0.05, 0) is 0 Å². The molecule has 0 spiro atoms. The molecule has 0 unspecified atom stereocenters. The van der Waals surface area contributed by atoms with Crippen LogP contribution in [0.1, 0.15) is 16.2 Å². The van der Waals surface area contributed by atoms with Crippen LogP contribution in [0.15, 0.2) is 0 Å². The first-order valence-corrected chi connectivity index (χ1v) is 6.19. The van der Waals surface area contributed by atoms with Crippen LogP contribution in [0.5, 0.6) is 0 Å². The van der Waals surface area contributed by atoms with Crippen LogP contribution >= 0.6 is 0 Å². The summed E-state index contributed by atoms with van der Waals surface area (Å²) in [5, 5.41) is 10.4. The van der Waals surface area contributed by atoms with Crippen LogP contribution in [0.2, 0.25) is 0 Å². The maximum atomic E-state index is 11.6. The molecule has 0 aliphatic carbocycles. The van der Waals surface area contributed by atoms with Crippen LogP contribution in [0.3, 0.4) is 0 Å². The zero-order chi connectivity index (χ0) is 14.5. The van der Waals surface area contributed by atoms with E-state index in [1.807, 2.05) is 0 Å². The monoisotopic (exact) mass is 283 g/mol. The molecule has 0 bridgehead atoms. The molecule has 20 heavy (non-hydrogen) atoms. The van der Waals surface area contributed by atoms with Gasteiger partial charge in [0.25, 0.3) is 0 Å². The van der Waals surface area contributed by atoms with E-state index in [9.17, 15) is 9.59 Å². The fourth-order valence-electron chi connectivity index (χ4n) is 1.99. The minimum Gasteiger partial charge on any atom is -0.464 e. The second-order valence-electron chi connectivity index (χ2n) is 4.25. The quantitative estimate of drug-likeness (QED) is 0.689. The number of rotatable bonds is 6. The Hall–Kier alpha value is -2.16. The molecule has 0 saturated carbocycles. The number of urea groups is 1. The molecule has 1 aliphatic rings. The van der Waals surface area contributed by atoms with Crippen LogP contribution in [-0.2, 0) is 22.6 Å². The summed E-state index contributed by atoms with van der Waals surface area (Å²) in [5.41, 5.74) is 0.680. The Kier molecular flexibility index (Phi) is 4.51. The number of methoxy groups -OCH3 is 2. The van der Waals surface area contributed by atoms with Crippen LogP contribution < -0.4 is 5.32 Å². The lowest BCUT2D eigenvalue weighted by molar-refractivity contribution is 0.0588. The maximum Gasteiger partial charge on any atom is 0.360 e. The van der Waals surface area contributed by atoms with Crippen molar-refractivity contribution in [2.75, 3.05) is 33.9 Å². The first-order valence-electron chi connectivity index (χ1n) is 6.19. The van der Waals surface area contributed by atoms with E-state index < -0.39 is 5.97 Å². The van der Waals surface area contributed by atoms with Gasteiger partial charge in [0, 0.05) is 26.7 Å². The number of amides is 2. The van der Waals surface area contributed by atoms with E-state index in [4.69, 9.17) is 4.74 Å². The van der Waals surface area contributed by atoms with Crippen LogP contribution in [-0.4, -0.2) is 65.7 Å². The highest BCUT2D eigenvalue weighted by molar-refractivity contribution is 5.88. The largest absolute Gasteiger partial charge is 0.464 e. The molecule has 1 aromatic heterocycles. The van der Waals surface area contributed by atoms with Gasteiger partial charge in [0.15, 0.2) is 5.69 Å². The number of esters is 1. The van der Waals surface area contributed by atoms with Gasteiger partial charge in [-0.25, -0.2) is 14.3 Å². The lowest BCUT2D eigenvalue weighted by Gasteiger charge is -2.14. The molecular formula is C11H17N5O4. The Labute approximate surface area is 115 Å². The minimum absolute atomic E-state index is 0.0911. The van der Waals surface area contributed by atoms with Gasteiger partial charge in [0.2, 0.25) is 0 Å². The average Bonchev–Trinajstić information content (AvgIpc) is 3.03. The summed E-state index contributed by atoms with van der Waals surface area (Å²) in [7, 11) is 2.80. The number of ether oxygens (including phenoxy) is 2. The zero-order valence-corrected chi connectivity index (χ0v) is 11.5. The summed E-state index contributed by atoms with van der Waals surface area (Å²) in [5.74, 6) is -0.554. The number of carbonyl (C=O) groups is 2. The molecule has 9 heteroatoms. The summed E-state index contributed by atoms with van der Waals surface area (Å²) >= 11 is 0. The summed E-state index contributed by atoms with van der Waals surface area (Å²) in [6, 6.07) is -0.0911. The van der Waals surface area contributed by atoms with Crippen LogP contribution in [0, 0.1) is 0 Å². The highest BCUT2D eigenvalue weighted by atomic mass is 16.5. The Morgan fingerprint density at radius 2 is 2.20 bits per heavy atom. The first kappa shape index (κ1) is 14.3. The molecule has 0 aromatic carbocycles. The van der Waals surface area contributed by atoms with Crippen molar-refractivity contribution in [1.82, 2.24) is 25.2 Å². The molecule has 0 atom stereocenters. The zero-order valence-electron chi connectivity index (χ0n) is 11.5. The number of nitrogens with one attached hydrogen (secondary N) is 1. The van der Waals surface area contributed by atoms with Gasteiger partial charge in [-0.15, -0.1) is 5.10 Å². The normalized spacial score (nSPS) is 14.5. The van der Waals surface area contributed by atoms with Gasteiger partial charge < -0.3 is 19.7 Å². The molecule has 9 nitrogen and oxygen atoms in total. The van der Waals surface area contributed by atoms with Crippen molar-refractivity contribution in [3.8, 4) is 0 Å². The van der Waals surface area contributed by atoms with E-state index in [-0.39, 0.29) is 18.3 Å². The lowest BCUT2D eigenvalue weighted by atomic mass is 10.3. The molecule has 1 aromatic rings. The van der Waals surface area contributed by atoms with Crippen molar-refractivity contribution in [3.63, 3.8) is 0 Å². The third-order valence-corrected chi connectivity index (χ3v) is 3.02. The van der Waals surface area contributed by atoms with E-state index >= 15 is 0 Å². The Bertz CT molecular complexity index is 501. The second kappa shape index (κ2) is 6.33. The average molecular weight is 283 g/mol. The molecule has 2 amide bonds. The van der Waals surface area contributed by atoms with Crippen molar-refractivity contribution in [2.24, 2.45) is 0 Å². The Balaban J connectivity index is 2.08. The highest BCUT2D eigenvalue weighted by Crippen LogP contribution is 2.09. The van der Waals surface area contributed by atoms with Gasteiger partial charge in [-0.2, -0.15) is 0 Å². The number of hydrogen-bond acceptors (Lipinski definition) is 6. The van der Waals surface area contributed by atoms with Crippen LogP contribution in [0.25, 0.3) is 0 Å². The number of carbonyl (C=O) groups excluding carboxylic acids is 2. The van der Waals surface area contributed by atoms with E-state index in [0.29, 0.717) is 31.9 Å². The second-order valence-corrected chi connectivity index (χ2v) is 4.25. The molecule has 1 N–H and O–H groups in total. The van der Waals surface area contributed by atoms with Gasteiger partial charge >= 0.3 is 12.0 Å². The first-order chi connectivity index (χ1) is 9.67. The van der Waals surface area contributed by atoms with Crippen molar-refractivity contribution in [2.45, 2.75) is 13.2 Å². The molecule has 1 aliphatic heterocycles. The third kappa shape index (κ3) is 2.87. The predicted molar refractivity (Wildman–Crippen MR) is 67.0 cm³/mol. The summed E-state index contributed by atoms with van der Waals surface area (Å²) in [6.45, 7) is 2.44. The van der Waals surface area contributed by atoms with E-state index in [0.717, 1.165) is 0 Å². The summed E-state index contributed by atoms with van der Waals surface area (Å²) in [6.07, 6.45) is 0. The summed E-state index contributed by atoms with van der Waals surface area (Å²) in [4.78, 5) is 24.7. The van der Waals surface area contributed by atoms with E-state index in [1.165, 1.54) is 14.2 Å². The smallest absolute Gasteiger partial charge is 0.360 e. The Morgan fingerprint density at radius 3 is 2.80 bits per heavy atom. The van der Waals surface area contributed by atoms with Crippen molar-refractivity contribution < 1.29 is 19.1 Å². The molecular weight excluding hydrogens is 266 g/mol. The number of nitrogens with zero attached hydrogens (tertiary/aromatic N) is 4. The lowest BCUT2D eigenvalue weighted by Crippen LogP contribution is -2.31. The highest BCUT2D eigenvalue weighted by Gasteiger charge is 2.22. The maximum absolute atomic E-state index is 11.6. The predicted octanol–water partition coefficient (Wildman–Crippen LogP) is -0.764. The molecule has 1 fully saturated rings. The fraction of sp³-hybridized carbons (Fsp3) is 0.636. The van der Waals surface area contributed by atoms with Crippen LogP contribution in [0.4, 0.5) is 4.79 Å². The van der Waals surface area contributed by atoms with Crippen molar-refractivity contribution >= 4 is 12.0 Å². The Morgan fingerprint density at radius 1 is 1.40 bits per heavy atom. The fourth-order valence-corrected chi connectivity index (χ4v) is 1.99. The van der Waals surface area contributed by atoms with Gasteiger partial charge in [-0.3, -0.25) is 0 Å². The SMILES string of the molecule is COCc1c(C(=O)OC)nnn1CCN1CCNC1=O. The third-order valence-electron chi connectivity index (χ3n) is 3.02. The standard InChI is InChI=1S/C11H17N5O4/c1-19-7-8-9(10(17)20-2)13-14-16(8)6-5-15-4-3-12-11(15)18/h3-7H2,1-2H3,(H,12,18). The van der Waals surface area contributed by atoms with Crippen molar-refractivity contribution in [3.05, 3.63) is 11.4 Å². The van der Waals surface area contributed by atoms with E-state index in [1.54, 1.807) is 9.58 Å². The summed E-state index contributed by atoms with van der Waals surface area (Å²) < 4.78 is 11.3. The topological polar surface area (TPSA) is 98.6 Å². The molecule has 1 saturated heterocycles. The van der Waals surface area contributed by atoms with Crippen molar-refractivity contribution in [1.29, 1.82) is 0 Å². The van der Waals surface area contributed by atoms with Gasteiger partial charge in [0.1, 0.15) is 0 Å². The van der Waals surface area contributed by atoms with Gasteiger partial charge in [0.05, 0.1) is 26.0 Å². The number of hydrogen-bond donors (Lipinski definition) is 1.